The van der Waals surface area contributed by atoms with Crippen molar-refractivity contribution < 1.29 is 18.5 Å². The number of carbonyl (C=O) groups is 1. The highest BCUT2D eigenvalue weighted by Crippen LogP contribution is 2.36. The molecular weight excluding hydrogens is 364 g/mol. The van der Waals surface area contributed by atoms with Crippen molar-refractivity contribution in [3.63, 3.8) is 0 Å². The Bertz CT molecular complexity index is 709. The highest BCUT2D eigenvalue weighted by Gasteiger charge is 2.45. The summed E-state index contributed by atoms with van der Waals surface area (Å²) in [4.78, 5) is 14.2. The van der Waals surface area contributed by atoms with Gasteiger partial charge in [-0.3, -0.25) is 0 Å². The molecule has 6 nitrogen and oxygen atoms in total. The molecule has 1 saturated heterocycles. The molecule has 0 bridgehead atoms. The summed E-state index contributed by atoms with van der Waals surface area (Å²) in [7, 11) is 0.327. The number of rotatable bonds is 4. The lowest BCUT2D eigenvalue weighted by Gasteiger charge is -2.34. The van der Waals surface area contributed by atoms with E-state index in [-0.39, 0.29) is 6.09 Å². The van der Waals surface area contributed by atoms with E-state index >= 15 is 0 Å². The van der Waals surface area contributed by atoms with E-state index < -0.39 is 26.9 Å². The lowest BCUT2D eigenvalue weighted by molar-refractivity contribution is 0.0282. The number of ether oxygens (including phenoxy) is 2. The van der Waals surface area contributed by atoms with Crippen molar-refractivity contribution in [3.8, 4) is 5.75 Å². The predicted molar refractivity (Wildman–Crippen MR) is 108 cm³/mol. The summed E-state index contributed by atoms with van der Waals surface area (Å²) in [6.07, 6.45) is 0.289. The van der Waals surface area contributed by atoms with Crippen molar-refractivity contribution in [2.24, 2.45) is 0 Å². The first-order chi connectivity index (χ1) is 12.4. The fourth-order valence-corrected chi connectivity index (χ4v) is 3.87. The first kappa shape index (κ1) is 21.7. The van der Waals surface area contributed by atoms with Gasteiger partial charge in [0.2, 0.25) is 0 Å². The Morgan fingerprint density at radius 3 is 2.44 bits per heavy atom. The van der Waals surface area contributed by atoms with Crippen molar-refractivity contribution >= 4 is 17.1 Å². The van der Waals surface area contributed by atoms with Crippen LogP contribution in [0.2, 0.25) is 0 Å². The number of carbonyl (C=O) groups excluding carboxylic acids is 1. The molecule has 0 aromatic heterocycles. The zero-order chi connectivity index (χ0) is 20.5. The average molecular weight is 397 g/mol. The van der Waals surface area contributed by atoms with Crippen LogP contribution in [0.1, 0.15) is 53.5 Å². The second-order valence-electron chi connectivity index (χ2n) is 8.95. The molecule has 1 aromatic carbocycles. The van der Waals surface area contributed by atoms with Crippen LogP contribution in [0.4, 0.5) is 4.79 Å². The lowest BCUT2D eigenvalue weighted by Crippen LogP contribution is -2.50. The molecule has 1 amide bonds. The Kier molecular flexibility index (Phi) is 6.26. The quantitative estimate of drug-likeness (QED) is 0.845. The van der Waals surface area contributed by atoms with Gasteiger partial charge in [0.1, 0.15) is 11.4 Å². The van der Waals surface area contributed by atoms with Crippen molar-refractivity contribution in [2.45, 2.75) is 63.9 Å². The second kappa shape index (κ2) is 7.80. The first-order valence-corrected chi connectivity index (χ1v) is 10.3. The van der Waals surface area contributed by atoms with Gasteiger partial charge in [-0.2, -0.15) is 0 Å². The van der Waals surface area contributed by atoms with Crippen molar-refractivity contribution in [2.75, 3.05) is 20.2 Å². The Morgan fingerprint density at radius 2 is 1.89 bits per heavy atom. The highest BCUT2D eigenvalue weighted by molar-refractivity contribution is 7.84. The monoisotopic (exact) mass is 396 g/mol. The van der Waals surface area contributed by atoms with Crippen LogP contribution in [-0.4, -0.2) is 45.7 Å². The summed E-state index contributed by atoms with van der Waals surface area (Å²) in [5.41, 5.74) is -0.227. The summed E-state index contributed by atoms with van der Waals surface area (Å²) in [6, 6.07) is 7.70. The van der Waals surface area contributed by atoms with Gasteiger partial charge in [0, 0.05) is 13.1 Å². The molecule has 0 spiro atoms. The molecule has 27 heavy (non-hydrogen) atoms. The van der Waals surface area contributed by atoms with Crippen molar-refractivity contribution in [3.05, 3.63) is 29.8 Å². The average Bonchev–Trinajstić information content (AvgIpc) is 2.98. The smallest absolute Gasteiger partial charge is 0.410 e. The molecule has 2 unspecified atom stereocenters. The topological polar surface area (TPSA) is 67.9 Å². The lowest BCUT2D eigenvalue weighted by atomic mass is 9.90. The largest absolute Gasteiger partial charge is 0.497 e. The van der Waals surface area contributed by atoms with Crippen molar-refractivity contribution in [1.29, 1.82) is 0 Å². The van der Waals surface area contributed by atoms with Crippen LogP contribution < -0.4 is 9.46 Å². The number of methoxy groups -OCH3 is 1. The van der Waals surface area contributed by atoms with Crippen LogP contribution in [-0.2, 0) is 21.3 Å². The van der Waals surface area contributed by atoms with Crippen LogP contribution in [0.5, 0.6) is 5.75 Å². The van der Waals surface area contributed by atoms with Crippen LogP contribution in [0, 0.1) is 0 Å². The molecule has 1 aromatic rings. The number of hydrogen-bond acceptors (Lipinski definition) is 4. The molecular formula is C20H32N2O4S. The fraction of sp³-hybridized carbons (Fsp3) is 0.650. The van der Waals surface area contributed by atoms with Gasteiger partial charge in [-0.05, 0) is 65.7 Å². The van der Waals surface area contributed by atoms with Crippen LogP contribution >= 0.6 is 0 Å². The van der Waals surface area contributed by atoms with E-state index in [9.17, 15) is 9.00 Å². The molecule has 1 aliphatic rings. The SMILES string of the molecule is COc1cccc(C2(NS(=O)C(C)(C)C)CCN(C(=O)OC(C)(C)C)C2)c1. The normalized spacial score (nSPS) is 21.8. The molecule has 2 atom stereocenters. The van der Waals surface area contributed by atoms with E-state index in [4.69, 9.17) is 9.47 Å². The molecule has 1 aliphatic heterocycles. The maximum Gasteiger partial charge on any atom is 0.410 e. The minimum absolute atomic E-state index is 0.351. The molecule has 1 fully saturated rings. The van der Waals surface area contributed by atoms with Gasteiger partial charge in [-0.1, -0.05) is 12.1 Å². The van der Waals surface area contributed by atoms with E-state index in [1.165, 1.54) is 0 Å². The fourth-order valence-electron chi connectivity index (χ4n) is 2.92. The van der Waals surface area contributed by atoms with Gasteiger partial charge in [0.05, 0.1) is 28.4 Å². The zero-order valence-electron chi connectivity index (χ0n) is 17.4. The van der Waals surface area contributed by atoms with E-state index in [0.29, 0.717) is 19.5 Å². The predicted octanol–water partition coefficient (Wildman–Crippen LogP) is 3.58. The van der Waals surface area contributed by atoms with Gasteiger partial charge < -0.3 is 14.4 Å². The molecule has 7 heteroatoms. The van der Waals surface area contributed by atoms with Gasteiger partial charge in [-0.25, -0.2) is 13.7 Å². The summed E-state index contributed by atoms with van der Waals surface area (Å²) in [5.74, 6) is 0.728. The van der Waals surface area contributed by atoms with Gasteiger partial charge in [0.25, 0.3) is 0 Å². The van der Waals surface area contributed by atoms with E-state index in [2.05, 4.69) is 4.72 Å². The third-order valence-corrected chi connectivity index (χ3v) is 6.08. The minimum Gasteiger partial charge on any atom is -0.497 e. The second-order valence-corrected chi connectivity index (χ2v) is 10.9. The molecule has 1 N–H and O–H groups in total. The first-order valence-electron chi connectivity index (χ1n) is 9.18. The molecule has 0 saturated carbocycles. The van der Waals surface area contributed by atoms with E-state index in [1.54, 1.807) is 12.0 Å². The van der Waals surface area contributed by atoms with Gasteiger partial charge in [-0.15, -0.1) is 0 Å². The van der Waals surface area contributed by atoms with E-state index in [0.717, 1.165) is 11.3 Å². The number of nitrogens with one attached hydrogen (secondary N) is 1. The summed E-state index contributed by atoms with van der Waals surface area (Å²) >= 11 is 0. The van der Waals surface area contributed by atoms with E-state index in [1.807, 2.05) is 65.8 Å². The standard InChI is InChI=1S/C20H32N2O4S/c1-18(2,3)26-17(23)22-12-11-20(14-22,21-27(24)19(4,5)6)15-9-8-10-16(13-15)25-7/h8-10,13,21H,11-12,14H2,1-7H3. The summed E-state index contributed by atoms with van der Waals surface area (Å²) < 4.78 is 26.7. The Hall–Kier alpha value is -1.60. The Balaban J connectivity index is 2.34. The maximum absolute atomic E-state index is 12.9. The molecule has 0 radical (unpaired) electrons. The minimum atomic E-state index is -1.29. The number of hydrogen-bond donors (Lipinski definition) is 1. The Morgan fingerprint density at radius 1 is 1.22 bits per heavy atom. The number of amides is 1. The molecule has 152 valence electrons. The summed E-state index contributed by atoms with van der Waals surface area (Å²) in [6.45, 7) is 12.2. The summed E-state index contributed by atoms with van der Waals surface area (Å²) in [5, 5.41) is 0. The third kappa shape index (κ3) is 5.45. The van der Waals surface area contributed by atoms with Gasteiger partial charge in [0.15, 0.2) is 0 Å². The molecule has 2 rings (SSSR count). The Labute approximate surface area is 165 Å². The van der Waals surface area contributed by atoms with Gasteiger partial charge >= 0.3 is 6.09 Å². The van der Waals surface area contributed by atoms with Crippen LogP contribution in [0.15, 0.2) is 24.3 Å². The molecule has 0 aliphatic carbocycles. The number of likely N-dealkylation sites (tertiary alicyclic amines) is 1. The number of nitrogens with zero attached hydrogens (tertiary/aromatic N) is 1. The third-order valence-electron chi connectivity index (χ3n) is 4.39. The zero-order valence-corrected chi connectivity index (χ0v) is 18.2. The maximum atomic E-state index is 12.9. The van der Waals surface area contributed by atoms with Crippen LogP contribution in [0.3, 0.4) is 0 Å². The molecule has 1 heterocycles. The number of benzene rings is 1. The van der Waals surface area contributed by atoms with Crippen molar-refractivity contribution in [1.82, 2.24) is 9.62 Å². The highest BCUT2D eigenvalue weighted by atomic mass is 32.2. The van der Waals surface area contributed by atoms with Crippen LogP contribution in [0.25, 0.3) is 0 Å².